The summed E-state index contributed by atoms with van der Waals surface area (Å²) in [5.74, 6) is 0.418. The summed E-state index contributed by atoms with van der Waals surface area (Å²) in [5, 5.41) is 7.89. The van der Waals surface area contributed by atoms with Crippen molar-refractivity contribution >= 4 is 41.5 Å². The van der Waals surface area contributed by atoms with Crippen LogP contribution in [0.4, 0.5) is 0 Å². The highest BCUT2D eigenvalue weighted by Crippen LogP contribution is 2.24. The smallest absolute Gasteiger partial charge is 0.223 e. The van der Waals surface area contributed by atoms with E-state index >= 15 is 0 Å². The Morgan fingerprint density at radius 3 is 2.62 bits per heavy atom. The van der Waals surface area contributed by atoms with Crippen LogP contribution in [0.25, 0.3) is 0 Å². The first kappa shape index (κ1) is 21.8. The van der Waals surface area contributed by atoms with Crippen LogP contribution >= 0.6 is 35.6 Å². The Kier molecular flexibility index (Phi) is 8.49. The van der Waals surface area contributed by atoms with Crippen molar-refractivity contribution < 1.29 is 4.79 Å². The molecule has 1 aromatic carbocycles. The fraction of sp³-hybridized carbons (Fsp3) is 0.632. The maximum Gasteiger partial charge on any atom is 0.223 e. The fourth-order valence-electron chi connectivity index (χ4n) is 3.82. The van der Waals surface area contributed by atoms with Gasteiger partial charge in [0.15, 0.2) is 0 Å². The van der Waals surface area contributed by atoms with Gasteiger partial charge in [-0.15, -0.1) is 12.4 Å². The van der Waals surface area contributed by atoms with Gasteiger partial charge in [0, 0.05) is 37.6 Å². The standard InChI is InChI=1S/C19H27Cl2N3O.ClH/c1-13-10-15(4-7-22-13)19(25)23-16-5-8-24(9-6-16)12-14-2-3-17(20)18(21)11-14;/h2-3,11,13,15-16,22H,4-10,12H2,1H3,(H,23,25);1H/t13-,15-;/m0./s1. The molecular formula is C19H28Cl3N3O. The second-order valence-electron chi connectivity index (χ2n) is 7.38. The second kappa shape index (κ2) is 10.1. The minimum absolute atomic E-state index is 0. The summed E-state index contributed by atoms with van der Waals surface area (Å²) < 4.78 is 0. The second-order valence-corrected chi connectivity index (χ2v) is 8.20. The molecule has 26 heavy (non-hydrogen) atoms. The van der Waals surface area contributed by atoms with Gasteiger partial charge in [0.1, 0.15) is 0 Å². The van der Waals surface area contributed by atoms with Crippen LogP contribution in [-0.2, 0) is 11.3 Å². The number of hydrogen-bond donors (Lipinski definition) is 2. The maximum absolute atomic E-state index is 12.5. The lowest BCUT2D eigenvalue weighted by molar-refractivity contribution is -0.127. The molecule has 2 N–H and O–H groups in total. The van der Waals surface area contributed by atoms with Gasteiger partial charge in [0.05, 0.1) is 10.0 Å². The molecule has 1 amide bonds. The van der Waals surface area contributed by atoms with Crippen molar-refractivity contribution in [3.63, 3.8) is 0 Å². The summed E-state index contributed by atoms with van der Waals surface area (Å²) in [6.45, 7) is 5.97. The van der Waals surface area contributed by atoms with Gasteiger partial charge in [0.2, 0.25) is 5.91 Å². The Labute approximate surface area is 172 Å². The van der Waals surface area contributed by atoms with Gasteiger partial charge in [-0.25, -0.2) is 0 Å². The monoisotopic (exact) mass is 419 g/mol. The zero-order valence-corrected chi connectivity index (χ0v) is 17.5. The average molecular weight is 421 g/mol. The van der Waals surface area contributed by atoms with Crippen molar-refractivity contribution in [3.05, 3.63) is 33.8 Å². The molecule has 0 aromatic heterocycles. The minimum Gasteiger partial charge on any atom is -0.353 e. The molecule has 2 aliphatic heterocycles. The number of carbonyl (C=O) groups is 1. The van der Waals surface area contributed by atoms with Crippen LogP contribution in [0.15, 0.2) is 18.2 Å². The lowest BCUT2D eigenvalue weighted by Gasteiger charge is -2.34. The molecule has 146 valence electrons. The Balaban J connectivity index is 0.00000243. The third-order valence-electron chi connectivity index (χ3n) is 5.32. The van der Waals surface area contributed by atoms with E-state index in [-0.39, 0.29) is 24.2 Å². The summed E-state index contributed by atoms with van der Waals surface area (Å²) in [6.07, 6.45) is 3.91. The molecule has 4 nitrogen and oxygen atoms in total. The van der Waals surface area contributed by atoms with E-state index in [0.29, 0.717) is 22.1 Å². The number of rotatable bonds is 4. The predicted octanol–water partition coefficient (Wildman–Crippen LogP) is 3.88. The van der Waals surface area contributed by atoms with Gasteiger partial charge in [-0.3, -0.25) is 9.69 Å². The number of carbonyl (C=O) groups excluding carboxylic acids is 1. The molecule has 2 atom stereocenters. The van der Waals surface area contributed by atoms with E-state index in [9.17, 15) is 4.79 Å². The summed E-state index contributed by atoms with van der Waals surface area (Å²) in [4.78, 5) is 14.9. The minimum atomic E-state index is 0. The molecule has 0 radical (unpaired) electrons. The van der Waals surface area contributed by atoms with Crippen molar-refractivity contribution in [2.45, 2.75) is 51.2 Å². The molecule has 0 aliphatic carbocycles. The summed E-state index contributed by atoms with van der Waals surface area (Å²) in [6, 6.07) is 6.57. The van der Waals surface area contributed by atoms with E-state index in [0.717, 1.165) is 51.9 Å². The van der Waals surface area contributed by atoms with E-state index in [1.807, 2.05) is 18.2 Å². The molecular weight excluding hydrogens is 393 g/mol. The zero-order valence-electron chi connectivity index (χ0n) is 15.1. The van der Waals surface area contributed by atoms with E-state index < -0.39 is 0 Å². The van der Waals surface area contributed by atoms with Crippen molar-refractivity contribution in [2.75, 3.05) is 19.6 Å². The number of amides is 1. The van der Waals surface area contributed by atoms with Gasteiger partial charge in [-0.1, -0.05) is 29.3 Å². The first-order chi connectivity index (χ1) is 12.0. The topological polar surface area (TPSA) is 44.4 Å². The molecule has 7 heteroatoms. The van der Waals surface area contributed by atoms with E-state index in [1.165, 1.54) is 5.56 Å². The van der Waals surface area contributed by atoms with Crippen LogP contribution in [0.3, 0.4) is 0 Å². The summed E-state index contributed by atoms with van der Waals surface area (Å²) in [7, 11) is 0. The summed E-state index contributed by atoms with van der Waals surface area (Å²) >= 11 is 12.1. The van der Waals surface area contributed by atoms with Crippen molar-refractivity contribution in [1.29, 1.82) is 0 Å². The van der Waals surface area contributed by atoms with Crippen LogP contribution in [0.5, 0.6) is 0 Å². The highest BCUT2D eigenvalue weighted by atomic mass is 35.5. The molecule has 2 aliphatic rings. The van der Waals surface area contributed by atoms with E-state index in [4.69, 9.17) is 23.2 Å². The van der Waals surface area contributed by atoms with Gasteiger partial charge >= 0.3 is 0 Å². The first-order valence-corrected chi connectivity index (χ1v) is 9.97. The van der Waals surface area contributed by atoms with Crippen molar-refractivity contribution in [2.24, 2.45) is 5.92 Å². The highest BCUT2D eigenvalue weighted by Gasteiger charge is 2.27. The van der Waals surface area contributed by atoms with Gasteiger partial charge in [-0.05, 0) is 56.8 Å². The largest absolute Gasteiger partial charge is 0.353 e. The number of benzene rings is 1. The average Bonchev–Trinajstić information content (AvgIpc) is 2.60. The third-order valence-corrected chi connectivity index (χ3v) is 6.06. The molecule has 2 saturated heterocycles. The van der Waals surface area contributed by atoms with Crippen LogP contribution in [0.2, 0.25) is 10.0 Å². The SMILES string of the molecule is C[C@H]1C[C@@H](C(=O)NC2CCN(Cc3ccc(Cl)c(Cl)c3)CC2)CCN1.Cl. The van der Waals surface area contributed by atoms with Crippen LogP contribution in [0.1, 0.15) is 38.2 Å². The number of likely N-dealkylation sites (tertiary alicyclic amines) is 1. The first-order valence-electron chi connectivity index (χ1n) is 9.21. The normalized spacial score (nSPS) is 24.7. The lowest BCUT2D eigenvalue weighted by Crippen LogP contribution is -2.48. The van der Waals surface area contributed by atoms with Gasteiger partial charge in [-0.2, -0.15) is 0 Å². The number of piperidine rings is 2. The van der Waals surface area contributed by atoms with E-state index in [1.54, 1.807) is 0 Å². The number of halogens is 3. The molecule has 2 heterocycles. The van der Waals surface area contributed by atoms with Crippen LogP contribution in [-0.4, -0.2) is 42.5 Å². The predicted molar refractivity (Wildman–Crippen MR) is 110 cm³/mol. The molecule has 0 bridgehead atoms. The maximum atomic E-state index is 12.5. The number of nitrogens with zero attached hydrogens (tertiary/aromatic N) is 1. The Morgan fingerprint density at radius 2 is 1.96 bits per heavy atom. The van der Waals surface area contributed by atoms with Gasteiger partial charge in [0.25, 0.3) is 0 Å². The van der Waals surface area contributed by atoms with Gasteiger partial charge < -0.3 is 10.6 Å². The lowest BCUT2D eigenvalue weighted by atomic mass is 9.91. The number of nitrogens with one attached hydrogen (secondary N) is 2. The number of hydrogen-bond acceptors (Lipinski definition) is 3. The zero-order chi connectivity index (χ0) is 17.8. The molecule has 3 rings (SSSR count). The van der Waals surface area contributed by atoms with Crippen molar-refractivity contribution in [3.8, 4) is 0 Å². The Bertz CT molecular complexity index is 606. The van der Waals surface area contributed by atoms with Crippen LogP contribution in [0, 0.1) is 5.92 Å². The van der Waals surface area contributed by atoms with E-state index in [2.05, 4.69) is 22.5 Å². The highest BCUT2D eigenvalue weighted by molar-refractivity contribution is 6.42. The molecule has 2 fully saturated rings. The molecule has 0 spiro atoms. The Morgan fingerprint density at radius 1 is 1.23 bits per heavy atom. The van der Waals surface area contributed by atoms with Crippen molar-refractivity contribution in [1.82, 2.24) is 15.5 Å². The Hall–Kier alpha value is -0.520. The molecule has 0 unspecified atom stereocenters. The quantitative estimate of drug-likeness (QED) is 0.777. The molecule has 0 saturated carbocycles. The molecule has 1 aromatic rings. The summed E-state index contributed by atoms with van der Waals surface area (Å²) in [5.41, 5.74) is 1.18. The third kappa shape index (κ3) is 6.00. The van der Waals surface area contributed by atoms with Crippen LogP contribution < -0.4 is 10.6 Å². The fourth-order valence-corrected chi connectivity index (χ4v) is 4.14.